The summed E-state index contributed by atoms with van der Waals surface area (Å²) < 4.78 is 5.05. The van der Waals surface area contributed by atoms with Crippen molar-refractivity contribution in [2.24, 2.45) is 0 Å². The lowest BCUT2D eigenvalue weighted by molar-refractivity contribution is -0.384. The van der Waals surface area contributed by atoms with Crippen molar-refractivity contribution < 1.29 is 9.66 Å². The van der Waals surface area contributed by atoms with E-state index in [9.17, 15) is 10.1 Å². The molecule has 0 bridgehead atoms. The molecule has 2 aromatic carbocycles. The summed E-state index contributed by atoms with van der Waals surface area (Å²) in [6.07, 6.45) is 0. The highest BCUT2D eigenvalue weighted by molar-refractivity contribution is 5.69. The second kappa shape index (κ2) is 6.13. The number of benzene rings is 2. The molecule has 0 aliphatic carbocycles. The maximum atomic E-state index is 11.2. The van der Waals surface area contributed by atoms with Crippen LogP contribution in [-0.4, -0.2) is 12.0 Å². The van der Waals surface area contributed by atoms with Crippen LogP contribution in [0.1, 0.15) is 18.5 Å². The van der Waals surface area contributed by atoms with Crippen molar-refractivity contribution in [2.45, 2.75) is 13.0 Å². The van der Waals surface area contributed by atoms with E-state index < -0.39 is 4.92 Å². The molecule has 1 unspecified atom stereocenters. The lowest BCUT2D eigenvalue weighted by Gasteiger charge is -2.16. The number of para-hydroxylation sites is 1. The fourth-order valence-corrected chi connectivity index (χ4v) is 2.09. The number of nitrogens with two attached hydrogens (primary N) is 1. The van der Waals surface area contributed by atoms with Crippen LogP contribution < -0.4 is 15.8 Å². The zero-order valence-corrected chi connectivity index (χ0v) is 11.9. The van der Waals surface area contributed by atoms with E-state index in [4.69, 9.17) is 10.5 Å². The van der Waals surface area contributed by atoms with Gasteiger partial charge in [0.05, 0.1) is 12.0 Å². The molecule has 0 fully saturated rings. The van der Waals surface area contributed by atoms with Crippen molar-refractivity contribution >= 4 is 17.1 Å². The molecule has 0 radical (unpaired) electrons. The minimum absolute atomic E-state index is 0.0673. The first-order chi connectivity index (χ1) is 10.0. The molecule has 0 saturated carbocycles. The highest BCUT2D eigenvalue weighted by Gasteiger charge is 2.21. The highest BCUT2D eigenvalue weighted by atomic mass is 16.6. The van der Waals surface area contributed by atoms with E-state index in [1.807, 2.05) is 19.1 Å². The Morgan fingerprint density at radius 3 is 2.48 bits per heavy atom. The second-order valence-corrected chi connectivity index (χ2v) is 4.65. The fraction of sp³-hybridized carbons (Fsp3) is 0.200. The third-order valence-electron chi connectivity index (χ3n) is 3.21. The predicted molar refractivity (Wildman–Crippen MR) is 82.5 cm³/mol. The van der Waals surface area contributed by atoms with Crippen LogP contribution in [0.25, 0.3) is 0 Å². The van der Waals surface area contributed by atoms with Crippen molar-refractivity contribution in [2.75, 3.05) is 18.2 Å². The number of rotatable bonds is 5. The van der Waals surface area contributed by atoms with Crippen LogP contribution in [0.15, 0.2) is 42.5 Å². The van der Waals surface area contributed by atoms with Crippen LogP contribution in [0.5, 0.6) is 5.75 Å². The molecule has 0 spiro atoms. The van der Waals surface area contributed by atoms with Gasteiger partial charge in [0.15, 0.2) is 5.75 Å². The monoisotopic (exact) mass is 287 g/mol. The third kappa shape index (κ3) is 3.22. The number of methoxy groups -OCH3 is 1. The number of hydrogen-bond donors (Lipinski definition) is 2. The Hall–Kier alpha value is -2.76. The van der Waals surface area contributed by atoms with Gasteiger partial charge in [-0.2, -0.15) is 0 Å². The van der Waals surface area contributed by atoms with Gasteiger partial charge in [0.1, 0.15) is 5.69 Å². The Balaban J connectivity index is 2.30. The first kappa shape index (κ1) is 14.6. The van der Waals surface area contributed by atoms with Crippen molar-refractivity contribution in [3.63, 3.8) is 0 Å². The maximum absolute atomic E-state index is 11.2. The average molecular weight is 287 g/mol. The first-order valence-corrected chi connectivity index (χ1v) is 6.46. The molecule has 2 rings (SSSR count). The molecule has 0 heterocycles. The van der Waals surface area contributed by atoms with E-state index in [0.29, 0.717) is 11.4 Å². The summed E-state index contributed by atoms with van der Waals surface area (Å²) in [7, 11) is 1.41. The Labute approximate surface area is 122 Å². The number of nitro groups is 1. The minimum Gasteiger partial charge on any atom is -0.490 e. The van der Waals surface area contributed by atoms with E-state index in [2.05, 4.69) is 5.32 Å². The van der Waals surface area contributed by atoms with Crippen molar-refractivity contribution in [1.29, 1.82) is 0 Å². The standard InChI is InChI=1S/C15H17N3O3/c1-10(11-6-8-12(16)9-7-11)17-13-4-3-5-14(21-2)15(13)18(19)20/h3-10,17H,16H2,1-2H3. The Kier molecular flexibility index (Phi) is 4.27. The van der Waals surface area contributed by atoms with E-state index in [-0.39, 0.29) is 17.5 Å². The molecule has 6 nitrogen and oxygen atoms in total. The molecule has 3 N–H and O–H groups in total. The normalized spacial score (nSPS) is 11.7. The number of nitrogen functional groups attached to an aromatic ring is 1. The van der Waals surface area contributed by atoms with Gasteiger partial charge in [0.2, 0.25) is 0 Å². The van der Waals surface area contributed by atoms with Crippen molar-refractivity contribution in [1.82, 2.24) is 0 Å². The molecule has 1 atom stereocenters. The van der Waals surface area contributed by atoms with E-state index in [1.165, 1.54) is 7.11 Å². The van der Waals surface area contributed by atoms with Gasteiger partial charge in [-0.3, -0.25) is 10.1 Å². The Morgan fingerprint density at radius 2 is 1.90 bits per heavy atom. The average Bonchev–Trinajstić information content (AvgIpc) is 2.47. The predicted octanol–water partition coefficient (Wildman–Crippen LogP) is 3.36. The van der Waals surface area contributed by atoms with E-state index >= 15 is 0 Å². The summed E-state index contributed by atoms with van der Waals surface area (Å²) in [5.41, 5.74) is 7.67. The van der Waals surface area contributed by atoms with Crippen LogP contribution in [0.2, 0.25) is 0 Å². The van der Waals surface area contributed by atoms with Gasteiger partial charge < -0.3 is 15.8 Å². The molecule has 0 amide bonds. The number of ether oxygens (including phenoxy) is 1. The molecule has 110 valence electrons. The Morgan fingerprint density at radius 1 is 1.24 bits per heavy atom. The molecular formula is C15H17N3O3. The Bertz CT molecular complexity index is 641. The van der Waals surface area contributed by atoms with Gasteiger partial charge in [-0.05, 0) is 36.8 Å². The number of hydrogen-bond acceptors (Lipinski definition) is 5. The molecule has 0 aliphatic heterocycles. The maximum Gasteiger partial charge on any atom is 0.333 e. The number of anilines is 2. The summed E-state index contributed by atoms with van der Waals surface area (Å²) >= 11 is 0. The van der Waals surface area contributed by atoms with Crippen LogP contribution in [-0.2, 0) is 0 Å². The first-order valence-electron chi connectivity index (χ1n) is 6.46. The summed E-state index contributed by atoms with van der Waals surface area (Å²) in [6, 6.07) is 12.2. The van der Waals surface area contributed by atoms with E-state index in [1.54, 1.807) is 30.3 Å². The van der Waals surface area contributed by atoms with Gasteiger partial charge in [0, 0.05) is 11.7 Å². The van der Waals surface area contributed by atoms with Gasteiger partial charge in [-0.15, -0.1) is 0 Å². The molecular weight excluding hydrogens is 270 g/mol. The lowest BCUT2D eigenvalue weighted by atomic mass is 10.1. The summed E-state index contributed by atoms with van der Waals surface area (Å²) in [5, 5.41) is 14.4. The summed E-state index contributed by atoms with van der Waals surface area (Å²) in [4.78, 5) is 10.8. The minimum atomic E-state index is -0.448. The zero-order valence-electron chi connectivity index (χ0n) is 11.9. The van der Waals surface area contributed by atoms with Crippen LogP contribution in [0.4, 0.5) is 17.1 Å². The van der Waals surface area contributed by atoms with Crippen molar-refractivity contribution in [3.8, 4) is 5.75 Å². The van der Waals surface area contributed by atoms with Gasteiger partial charge >= 0.3 is 5.69 Å². The lowest BCUT2D eigenvalue weighted by Crippen LogP contribution is -2.09. The SMILES string of the molecule is COc1cccc(NC(C)c2ccc(N)cc2)c1[N+](=O)[O-]. The number of nitrogens with one attached hydrogen (secondary N) is 1. The third-order valence-corrected chi connectivity index (χ3v) is 3.21. The summed E-state index contributed by atoms with van der Waals surface area (Å²) in [5.74, 6) is 0.231. The number of nitro benzene ring substituents is 1. The number of nitrogens with zero attached hydrogens (tertiary/aromatic N) is 1. The van der Waals surface area contributed by atoms with Crippen LogP contribution in [0.3, 0.4) is 0 Å². The molecule has 6 heteroatoms. The van der Waals surface area contributed by atoms with Crippen LogP contribution >= 0.6 is 0 Å². The van der Waals surface area contributed by atoms with Gasteiger partial charge in [-0.1, -0.05) is 18.2 Å². The van der Waals surface area contributed by atoms with Crippen LogP contribution in [0, 0.1) is 10.1 Å². The topological polar surface area (TPSA) is 90.4 Å². The van der Waals surface area contributed by atoms with Gasteiger partial charge in [-0.25, -0.2) is 0 Å². The molecule has 0 aliphatic rings. The molecule has 21 heavy (non-hydrogen) atoms. The van der Waals surface area contributed by atoms with Gasteiger partial charge in [0.25, 0.3) is 0 Å². The zero-order chi connectivity index (χ0) is 15.4. The second-order valence-electron chi connectivity index (χ2n) is 4.65. The quantitative estimate of drug-likeness (QED) is 0.500. The van der Waals surface area contributed by atoms with E-state index in [0.717, 1.165) is 5.56 Å². The molecule has 2 aromatic rings. The van der Waals surface area contributed by atoms with Crippen molar-refractivity contribution in [3.05, 3.63) is 58.1 Å². The fourth-order valence-electron chi connectivity index (χ4n) is 2.09. The highest BCUT2D eigenvalue weighted by Crippen LogP contribution is 2.36. The molecule has 0 aromatic heterocycles. The largest absolute Gasteiger partial charge is 0.490 e. The molecule has 0 saturated heterocycles. The summed E-state index contributed by atoms with van der Waals surface area (Å²) in [6.45, 7) is 1.93. The smallest absolute Gasteiger partial charge is 0.333 e.